The molecular formula is C21H23N3O3. The zero-order valence-electron chi connectivity index (χ0n) is 15.4. The lowest BCUT2D eigenvalue weighted by molar-refractivity contribution is -0.140. The van der Waals surface area contributed by atoms with Gasteiger partial charge in [0.2, 0.25) is 17.7 Å². The lowest BCUT2D eigenvalue weighted by Gasteiger charge is -2.22. The summed E-state index contributed by atoms with van der Waals surface area (Å²) in [5.41, 5.74) is 0.875. The molecule has 6 nitrogen and oxygen atoms in total. The second-order valence-electron chi connectivity index (χ2n) is 6.90. The number of amides is 3. The van der Waals surface area contributed by atoms with Crippen molar-refractivity contribution < 1.29 is 14.4 Å². The molecule has 6 heteroatoms. The first-order valence-electron chi connectivity index (χ1n) is 9.07. The van der Waals surface area contributed by atoms with Crippen molar-refractivity contribution in [3.63, 3.8) is 0 Å². The van der Waals surface area contributed by atoms with Crippen LogP contribution in [0, 0.1) is 0 Å². The number of benzene rings is 1. The number of aromatic nitrogens is 1. The summed E-state index contributed by atoms with van der Waals surface area (Å²) in [6, 6.07) is 15.0. The highest BCUT2D eigenvalue weighted by atomic mass is 16.2. The summed E-state index contributed by atoms with van der Waals surface area (Å²) < 4.78 is 0. The van der Waals surface area contributed by atoms with Gasteiger partial charge in [-0.15, -0.1) is 0 Å². The van der Waals surface area contributed by atoms with Crippen LogP contribution in [0.5, 0.6) is 0 Å². The van der Waals surface area contributed by atoms with Crippen LogP contribution in [0.15, 0.2) is 54.7 Å². The molecule has 27 heavy (non-hydrogen) atoms. The van der Waals surface area contributed by atoms with E-state index in [9.17, 15) is 14.4 Å². The lowest BCUT2D eigenvalue weighted by atomic mass is 9.81. The van der Waals surface area contributed by atoms with Crippen LogP contribution < -0.4 is 5.32 Å². The van der Waals surface area contributed by atoms with Gasteiger partial charge in [-0.25, -0.2) is 0 Å². The molecule has 1 N–H and O–H groups in total. The van der Waals surface area contributed by atoms with E-state index in [2.05, 4.69) is 10.3 Å². The van der Waals surface area contributed by atoms with Crippen molar-refractivity contribution in [3.05, 3.63) is 66.0 Å². The minimum absolute atomic E-state index is 0.102. The molecule has 3 amide bonds. The van der Waals surface area contributed by atoms with Gasteiger partial charge in [0.05, 0.1) is 5.41 Å². The average Bonchev–Trinajstić information content (AvgIpc) is 2.91. The van der Waals surface area contributed by atoms with E-state index in [1.807, 2.05) is 48.5 Å². The van der Waals surface area contributed by atoms with Crippen molar-refractivity contribution in [2.45, 2.75) is 31.6 Å². The van der Waals surface area contributed by atoms with Crippen LogP contribution in [0.2, 0.25) is 0 Å². The van der Waals surface area contributed by atoms with Crippen LogP contribution in [-0.2, 0) is 26.2 Å². The van der Waals surface area contributed by atoms with Crippen molar-refractivity contribution in [2.75, 3.05) is 13.1 Å². The topological polar surface area (TPSA) is 79.4 Å². The molecule has 1 aromatic heterocycles. The number of hydrogen-bond donors (Lipinski definition) is 1. The molecule has 1 aromatic carbocycles. The van der Waals surface area contributed by atoms with Crippen LogP contribution in [-0.4, -0.2) is 40.7 Å². The van der Waals surface area contributed by atoms with E-state index in [4.69, 9.17) is 0 Å². The van der Waals surface area contributed by atoms with Crippen LogP contribution in [0.1, 0.15) is 31.0 Å². The molecule has 1 fully saturated rings. The third-order valence-corrected chi connectivity index (χ3v) is 4.93. The maximum Gasteiger partial charge on any atom is 0.240 e. The zero-order valence-corrected chi connectivity index (χ0v) is 15.4. The van der Waals surface area contributed by atoms with Crippen molar-refractivity contribution in [1.82, 2.24) is 15.2 Å². The summed E-state index contributed by atoms with van der Waals surface area (Å²) in [6.45, 7) is 2.37. The monoisotopic (exact) mass is 365 g/mol. The van der Waals surface area contributed by atoms with Crippen molar-refractivity contribution >= 4 is 17.7 Å². The minimum Gasteiger partial charge on any atom is -0.356 e. The molecule has 1 atom stereocenters. The molecule has 0 radical (unpaired) electrons. The lowest BCUT2D eigenvalue weighted by Crippen LogP contribution is -2.39. The molecular weight excluding hydrogens is 342 g/mol. The van der Waals surface area contributed by atoms with Gasteiger partial charge >= 0.3 is 0 Å². The molecule has 0 aliphatic carbocycles. The van der Waals surface area contributed by atoms with Gasteiger partial charge in [-0.3, -0.25) is 24.3 Å². The Morgan fingerprint density at radius 3 is 2.59 bits per heavy atom. The fourth-order valence-electron chi connectivity index (χ4n) is 3.32. The molecule has 2 aromatic rings. The summed E-state index contributed by atoms with van der Waals surface area (Å²) in [4.78, 5) is 42.6. The van der Waals surface area contributed by atoms with Gasteiger partial charge in [-0.2, -0.15) is 0 Å². The van der Waals surface area contributed by atoms with Gasteiger partial charge in [0.15, 0.2) is 0 Å². The number of carbonyl (C=O) groups is 3. The first-order valence-corrected chi connectivity index (χ1v) is 9.07. The van der Waals surface area contributed by atoms with Crippen molar-refractivity contribution in [1.29, 1.82) is 0 Å². The predicted molar refractivity (Wildman–Crippen MR) is 101 cm³/mol. The maximum atomic E-state index is 12.8. The number of pyridine rings is 1. The average molecular weight is 365 g/mol. The Balaban J connectivity index is 1.51. The molecule has 1 aliphatic rings. The summed E-state index contributed by atoms with van der Waals surface area (Å²) in [6.07, 6.45) is 2.59. The van der Waals surface area contributed by atoms with Gasteiger partial charge in [0, 0.05) is 44.2 Å². The number of hydrogen-bond acceptors (Lipinski definition) is 4. The van der Waals surface area contributed by atoms with Crippen molar-refractivity contribution in [2.24, 2.45) is 0 Å². The number of carbonyl (C=O) groups excluding carboxylic acids is 3. The molecule has 0 unspecified atom stereocenters. The normalized spacial score (nSPS) is 19.4. The number of nitrogens with one attached hydrogen (secondary N) is 1. The van der Waals surface area contributed by atoms with Gasteiger partial charge in [-0.1, -0.05) is 36.4 Å². The van der Waals surface area contributed by atoms with Crippen LogP contribution >= 0.6 is 0 Å². The third-order valence-electron chi connectivity index (χ3n) is 4.93. The standard InChI is InChI=1S/C21H23N3O3/c1-21(16-7-3-2-4-8-16)15-19(26)24(20(21)27)14-11-18(25)23-13-10-17-9-5-6-12-22-17/h2-9,12H,10-11,13-15H2,1H3,(H,23,25)/t21-/m1/s1. The molecule has 1 saturated heterocycles. The van der Waals surface area contributed by atoms with E-state index in [0.717, 1.165) is 11.3 Å². The largest absolute Gasteiger partial charge is 0.356 e. The Labute approximate surface area is 158 Å². The summed E-state index contributed by atoms with van der Waals surface area (Å²) in [7, 11) is 0. The Kier molecular flexibility index (Phi) is 5.64. The number of likely N-dealkylation sites (tertiary alicyclic amines) is 1. The second-order valence-corrected chi connectivity index (χ2v) is 6.90. The van der Waals surface area contributed by atoms with Gasteiger partial charge in [0.25, 0.3) is 0 Å². The Bertz CT molecular complexity index is 823. The number of rotatable bonds is 7. The van der Waals surface area contributed by atoms with Crippen LogP contribution in [0.4, 0.5) is 0 Å². The Morgan fingerprint density at radius 2 is 1.89 bits per heavy atom. The molecule has 0 bridgehead atoms. The van der Waals surface area contributed by atoms with E-state index >= 15 is 0 Å². The van der Waals surface area contributed by atoms with Crippen molar-refractivity contribution in [3.8, 4) is 0 Å². The molecule has 2 heterocycles. The van der Waals surface area contributed by atoms with Crippen LogP contribution in [0.25, 0.3) is 0 Å². The first kappa shape index (κ1) is 18.8. The Hall–Kier alpha value is -3.02. The van der Waals surface area contributed by atoms with Crippen LogP contribution in [0.3, 0.4) is 0 Å². The predicted octanol–water partition coefficient (Wildman–Crippen LogP) is 1.85. The number of nitrogens with zero attached hydrogens (tertiary/aromatic N) is 2. The fourth-order valence-corrected chi connectivity index (χ4v) is 3.32. The third kappa shape index (κ3) is 4.22. The molecule has 3 rings (SSSR count). The van der Waals surface area contributed by atoms with Gasteiger partial charge < -0.3 is 5.32 Å². The van der Waals surface area contributed by atoms with E-state index in [1.165, 1.54) is 4.90 Å². The van der Waals surface area contributed by atoms with Gasteiger partial charge in [0.1, 0.15) is 0 Å². The van der Waals surface area contributed by atoms with E-state index in [0.29, 0.717) is 13.0 Å². The first-order chi connectivity index (χ1) is 13.0. The zero-order chi connectivity index (χ0) is 19.3. The maximum absolute atomic E-state index is 12.8. The van der Waals surface area contributed by atoms with E-state index in [1.54, 1.807) is 13.1 Å². The minimum atomic E-state index is -0.853. The number of imide groups is 1. The molecule has 1 aliphatic heterocycles. The highest BCUT2D eigenvalue weighted by molar-refractivity contribution is 6.09. The summed E-state index contributed by atoms with van der Waals surface area (Å²) in [5.74, 6) is -0.646. The smallest absolute Gasteiger partial charge is 0.240 e. The highest BCUT2D eigenvalue weighted by Gasteiger charge is 2.48. The summed E-state index contributed by atoms with van der Waals surface area (Å²) >= 11 is 0. The van der Waals surface area contributed by atoms with Gasteiger partial charge in [-0.05, 0) is 24.6 Å². The molecule has 0 saturated carbocycles. The fraction of sp³-hybridized carbons (Fsp3) is 0.333. The van der Waals surface area contributed by atoms with E-state index in [-0.39, 0.29) is 37.1 Å². The molecule has 140 valence electrons. The second kappa shape index (κ2) is 8.12. The SMILES string of the molecule is C[C@]1(c2ccccc2)CC(=O)N(CCC(=O)NCCc2ccccn2)C1=O. The highest BCUT2D eigenvalue weighted by Crippen LogP contribution is 2.36. The molecule has 0 spiro atoms. The Morgan fingerprint density at radius 1 is 1.15 bits per heavy atom. The summed E-state index contributed by atoms with van der Waals surface area (Å²) in [5, 5.41) is 2.81. The van der Waals surface area contributed by atoms with E-state index < -0.39 is 5.41 Å². The quantitative estimate of drug-likeness (QED) is 0.760.